The molecule has 2 heterocycles. The van der Waals surface area contributed by atoms with Gasteiger partial charge in [-0.05, 0) is 30.7 Å². The second-order valence-electron chi connectivity index (χ2n) is 5.78. The van der Waals surface area contributed by atoms with Crippen molar-refractivity contribution in [3.05, 3.63) is 48.5 Å². The Hall–Kier alpha value is -2.25. The molecule has 0 N–H and O–H groups in total. The zero-order valence-corrected chi connectivity index (χ0v) is 14.1. The van der Waals surface area contributed by atoms with E-state index in [9.17, 15) is 8.42 Å². The van der Waals surface area contributed by atoms with Gasteiger partial charge in [-0.2, -0.15) is 8.42 Å². The zero-order valence-electron chi connectivity index (χ0n) is 13.3. The highest BCUT2D eigenvalue weighted by Gasteiger charge is 2.41. The summed E-state index contributed by atoms with van der Waals surface area (Å²) in [5, 5.41) is 0. The first-order chi connectivity index (χ1) is 11.6. The number of anilines is 3. The summed E-state index contributed by atoms with van der Waals surface area (Å²) in [7, 11) is -2.11. The van der Waals surface area contributed by atoms with E-state index in [-0.39, 0.29) is 6.10 Å². The molecule has 0 aliphatic carbocycles. The Morgan fingerprint density at radius 1 is 1.17 bits per heavy atom. The number of hydrogen-bond donors (Lipinski definition) is 0. The number of rotatable bonds is 5. The average molecular weight is 346 g/mol. The van der Waals surface area contributed by atoms with E-state index in [2.05, 4.69) is 0 Å². The van der Waals surface area contributed by atoms with Crippen LogP contribution >= 0.6 is 0 Å². The Morgan fingerprint density at radius 3 is 2.62 bits per heavy atom. The molecule has 0 unspecified atom stereocenters. The highest BCUT2D eigenvalue weighted by molar-refractivity contribution is 7.95. The van der Waals surface area contributed by atoms with Crippen molar-refractivity contribution in [1.29, 1.82) is 0 Å². The Morgan fingerprint density at radius 2 is 1.92 bits per heavy atom. The van der Waals surface area contributed by atoms with Crippen LogP contribution in [-0.2, 0) is 14.9 Å². The highest BCUT2D eigenvalue weighted by Crippen LogP contribution is 2.45. The third-order valence-electron chi connectivity index (χ3n) is 4.22. The van der Waals surface area contributed by atoms with Crippen LogP contribution in [0, 0.1) is 0 Å². The Balaban J connectivity index is 1.78. The van der Waals surface area contributed by atoms with Crippen molar-refractivity contribution in [2.24, 2.45) is 0 Å². The predicted octanol–water partition coefficient (Wildman–Crippen LogP) is 2.69. The number of nitrogens with zero attached hydrogens (tertiary/aromatic N) is 2. The first kappa shape index (κ1) is 15.3. The fourth-order valence-electron chi connectivity index (χ4n) is 2.93. The molecule has 7 heteroatoms. The van der Waals surface area contributed by atoms with Crippen molar-refractivity contribution in [2.75, 3.05) is 28.9 Å². The molecule has 24 heavy (non-hydrogen) atoms. The van der Waals surface area contributed by atoms with Crippen LogP contribution in [0.5, 0.6) is 5.75 Å². The minimum atomic E-state index is -3.68. The lowest BCUT2D eigenvalue weighted by Gasteiger charge is -2.22. The number of methoxy groups -OCH3 is 1. The van der Waals surface area contributed by atoms with Crippen LogP contribution in [0.4, 0.5) is 17.1 Å². The molecule has 2 aromatic rings. The van der Waals surface area contributed by atoms with Gasteiger partial charge in [-0.25, -0.2) is 4.31 Å². The number of epoxide rings is 1. The molecule has 6 nitrogen and oxygen atoms in total. The fourth-order valence-corrected chi connectivity index (χ4v) is 4.65. The van der Waals surface area contributed by atoms with E-state index in [0.29, 0.717) is 35.8 Å². The molecule has 2 aliphatic rings. The van der Waals surface area contributed by atoms with Crippen molar-refractivity contribution in [3.8, 4) is 5.75 Å². The first-order valence-electron chi connectivity index (χ1n) is 7.79. The van der Waals surface area contributed by atoms with Gasteiger partial charge in [-0.1, -0.05) is 18.2 Å². The molecule has 0 radical (unpaired) electrons. The molecule has 0 bridgehead atoms. The van der Waals surface area contributed by atoms with E-state index in [1.165, 1.54) is 8.61 Å². The van der Waals surface area contributed by atoms with Crippen LogP contribution in [0.15, 0.2) is 48.5 Å². The lowest BCUT2D eigenvalue weighted by atomic mass is 10.2. The van der Waals surface area contributed by atoms with E-state index in [1.54, 1.807) is 31.4 Å². The van der Waals surface area contributed by atoms with Gasteiger partial charge in [0.15, 0.2) is 0 Å². The van der Waals surface area contributed by atoms with E-state index in [0.717, 1.165) is 6.61 Å². The number of para-hydroxylation sites is 2. The summed E-state index contributed by atoms with van der Waals surface area (Å²) < 4.78 is 39.6. The molecule has 0 saturated carbocycles. The molecule has 4 rings (SSSR count). The predicted molar refractivity (Wildman–Crippen MR) is 92.2 cm³/mol. The molecule has 0 amide bonds. The summed E-state index contributed by atoms with van der Waals surface area (Å²) in [5.41, 5.74) is 1.91. The standard InChI is InChI=1S/C17H18N2O4S/c1-22-14-6-4-5-13(11-14)19-17-8-3-2-7-16(17)18(24(19,20)21)10-9-15-12-23-15/h2-8,11,15H,9-10,12H2,1H3/t15-/m0/s1. The maximum atomic E-state index is 13.2. The molecule has 1 atom stereocenters. The number of hydrogen-bond acceptors (Lipinski definition) is 4. The van der Waals surface area contributed by atoms with Crippen molar-refractivity contribution in [3.63, 3.8) is 0 Å². The van der Waals surface area contributed by atoms with Gasteiger partial charge in [0.1, 0.15) is 5.75 Å². The van der Waals surface area contributed by atoms with E-state index in [1.807, 2.05) is 24.3 Å². The average Bonchev–Trinajstić information content (AvgIpc) is 3.37. The molecule has 0 aromatic heterocycles. The Bertz CT molecular complexity index is 864. The van der Waals surface area contributed by atoms with Gasteiger partial charge in [0.2, 0.25) is 0 Å². The largest absolute Gasteiger partial charge is 0.497 e. The molecule has 126 valence electrons. The van der Waals surface area contributed by atoms with Gasteiger partial charge < -0.3 is 9.47 Å². The van der Waals surface area contributed by atoms with Gasteiger partial charge in [-0.15, -0.1) is 0 Å². The Kier molecular flexibility index (Phi) is 3.62. The quantitative estimate of drug-likeness (QED) is 0.781. The first-order valence-corrected chi connectivity index (χ1v) is 9.18. The molecular formula is C17H18N2O4S. The lowest BCUT2D eigenvalue weighted by Crippen LogP contribution is -2.36. The van der Waals surface area contributed by atoms with Gasteiger partial charge in [0.05, 0.1) is 36.9 Å². The molecule has 2 aliphatic heterocycles. The number of fused-ring (bicyclic) bond motifs is 1. The van der Waals surface area contributed by atoms with E-state index < -0.39 is 10.2 Å². The topological polar surface area (TPSA) is 62.4 Å². The molecule has 0 spiro atoms. The third-order valence-corrected chi connectivity index (χ3v) is 6.03. The lowest BCUT2D eigenvalue weighted by molar-refractivity contribution is 0.399. The van der Waals surface area contributed by atoms with Crippen LogP contribution < -0.4 is 13.3 Å². The summed E-state index contributed by atoms with van der Waals surface area (Å²) in [4.78, 5) is 0. The van der Waals surface area contributed by atoms with Crippen LogP contribution in [0.2, 0.25) is 0 Å². The van der Waals surface area contributed by atoms with Crippen molar-refractivity contribution in [1.82, 2.24) is 0 Å². The van der Waals surface area contributed by atoms with Crippen LogP contribution in [0.25, 0.3) is 0 Å². The van der Waals surface area contributed by atoms with Gasteiger partial charge in [0, 0.05) is 12.6 Å². The summed E-state index contributed by atoms with van der Waals surface area (Å²) in [6.07, 6.45) is 0.873. The molecular weight excluding hydrogens is 328 g/mol. The highest BCUT2D eigenvalue weighted by atomic mass is 32.2. The van der Waals surface area contributed by atoms with Gasteiger partial charge in [0.25, 0.3) is 0 Å². The summed E-state index contributed by atoms with van der Waals surface area (Å²) in [6.45, 7) is 1.12. The monoisotopic (exact) mass is 346 g/mol. The second-order valence-corrected chi connectivity index (χ2v) is 7.48. The fraction of sp³-hybridized carbons (Fsp3) is 0.294. The van der Waals surface area contributed by atoms with Crippen LogP contribution in [0.1, 0.15) is 6.42 Å². The smallest absolute Gasteiger partial charge is 0.330 e. The normalized spacial score (nSPS) is 20.8. The maximum absolute atomic E-state index is 13.2. The number of benzene rings is 2. The molecule has 1 fully saturated rings. The van der Waals surface area contributed by atoms with Gasteiger partial charge >= 0.3 is 10.2 Å². The van der Waals surface area contributed by atoms with E-state index in [4.69, 9.17) is 9.47 Å². The van der Waals surface area contributed by atoms with Crippen molar-refractivity contribution < 1.29 is 17.9 Å². The number of ether oxygens (including phenoxy) is 2. The van der Waals surface area contributed by atoms with Crippen molar-refractivity contribution in [2.45, 2.75) is 12.5 Å². The zero-order chi connectivity index (χ0) is 16.7. The van der Waals surface area contributed by atoms with Crippen LogP contribution in [-0.4, -0.2) is 34.8 Å². The van der Waals surface area contributed by atoms with E-state index >= 15 is 0 Å². The molecule has 1 saturated heterocycles. The minimum absolute atomic E-state index is 0.179. The second kappa shape index (κ2) is 5.68. The third kappa shape index (κ3) is 2.50. The SMILES string of the molecule is COc1cccc(N2c3ccccc3N(CC[C@H]3CO3)S2(=O)=O)c1. The summed E-state index contributed by atoms with van der Waals surface area (Å²) in [6, 6.07) is 14.4. The summed E-state index contributed by atoms with van der Waals surface area (Å²) >= 11 is 0. The van der Waals surface area contributed by atoms with Crippen molar-refractivity contribution >= 4 is 27.3 Å². The summed E-state index contributed by atoms with van der Waals surface area (Å²) in [5.74, 6) is 0.616. The van der Waals surface area contributed by atoms with Gasteiger partial charge in [-0.3, -0.25) is 4.31 Å². The molecule has 2 aromatic carbocycles. The Labute approximate surface area is 141 Å². The van der Waals surface area contributed by atoms with Crippen LogP contribution in [0.3, 0.4) is 0 Å². The minimum Gasteiger partial charge on any atom is -0.497 e. The maximum Gasteiger partial charge on any atom is 0.330 e.